The van der Waals surface area contributed by atoms with E-state index in [1.165, 1.54) is 231 Å². The van der Waals surface area contributed by atoms with E-state index >= 15 is 0 Å². The van der Waals surface area contributed by atoms with Gasteiger partial charge in [-0.3, -0.25) is 9.80 Å². The molecule has 0 radical (unpaired) electrons. The van der Waals surface area contributed by atoms with Gasteiger partial charge in [-0.2, -0.15) is 0 Å². The second kappa shape index (κ2) is 54.8. The molecule has 0 spiro atoms. The molecule has 0 N–H and O–H groups in total. The summed E-state index contributed by atoms with van der Waals surface area (Å²) in [5.74, 6) is 10.3. The smallest absolute Gasteiger partial charge is 0.0169 e. The topological polar surface area (TPSA) is 6.48 Å². The number of hydrogen-bond donors (Lipinski definition) is 0. The molecule has 0 aliphatic heterocycles. The maximum Gasteiger partial charge on any atom is 0.0169 e. The van der Waals surface area contributed by atoms with E-state index in [4.69, 9.17) is 0 Å². The lowest BCUT2D eigenvalue weighted by molar-refractivity contribution is 0.253. The molecule has 8 unspecified atom stereocenters. The summed E-state index contributed by atoms with van der Waals surface area (Å²) >= 11 is 0. The summed E-state index contributed by atoms with van der Waals surface area (Å²) in [6.45, 7) is 55.3. The molecule has 0 aromatic heterocycles. The first-order valence-corrected chi connectivity index (χ1v) is 38.0. The number of nitrogens with zero attached hydrogens (tertiary/aromatic N) is 2. The summed E-state index contributed by atoms with van der Waals surface area (Å²) in [6.07, 6.45) is 60.1. The standard InChI is InChI=1S/C82H160N2/c1-67(2)33-21-37-71(9)41-25-45-75(13)49-29-53-79(17)57-61-83(62-58-80(18)54-30-50-76(14)46-26-42-72(10)38-22-34-68(3)4)65-66-84(63-59-81(19)55-31-51-77(15)47-27-43-73(11)39-23-35-69(5)6)64-60-82(20)56-32-52-78(16)48-28-44-74(12)40-24-36-70(7)8/h57-60,67-78H,21-56,61-66H2,1-20H3. The monoisotopic (exact) mass is 1170 g/mol. The second-order valence-corrected chi connectivity index (χ2v) is 32.2. The van der Waals surface area contributed by atoms with Crippen LogP contribution < -0.4 is 0 Å². The molecule has 0 aromatic rings. The molecule has 0 aliphatic carbocycles. The van der Waals surface area contributed by atoms with E-state index in [-0.39, 0.29) is 0 Å². The molecule has 498 valence electrons. The van der Waals surface area contributed by atoms with E-state index in [1.807, 2.05) is 0 Å². The summed E-state index contributed by atoms with van der Waals surface area (Å²) in [6, 6.07) is 0. The van der Waals surface area contributed by atoms with Crippen molar-refractivity contribution in [3.63, 3.8) is 0 Å². The molecule has 2 heteroatoms. The molecule has 0 fully saturated rings. The lowest BCUT2D eigenvalue weighted by atomic mass is 9.91. The Labute approximate surface area is 533 Å². The van der Waals surface area contributed by atoms with Crippen molar-refractivity contribution in [1.82, 2.24) is 9.80 Å². The maximum absolute atomic E-state index is 2.78. The lowest BCUT2D eigenvalue weighted by Crippen LogP contribution is -2.36. The second-order valence-electron chi connectivity index (χ2n) is 32.2. The highest BCUT2D eigenvalue weighted by Crippen LogP contribution is 2.27. The van der Waals surface area contributed by atoms with Crippen molar-refractivity contribution in [3.8, 4) is 0 Å². The minimum absolute atomic E-state index is 0.843. The third kappa shape index (κ3) is 56.1. The molecule has 2 nitrogen and oxygen atoms in total. The third-order valence-corrected chi connectivity index (χ3v) is 20.1. The Morgan fingerprint density at radius 3 is 0.512 bits per heavy atom. The minimum Gasteiger partial charge on any atom is -0.295 e. The van der Waals surface area contributed by atoms with Crippen molar-refractivity contribution in [3.05, 3.63) is 46.6 Å². The lowest BCUT2D eigenvalue weighted by Gasteiger charge is -2.26. The Balaban J connectivity index is 5.97. The molecule has 0 amide bonds. The molecule has 84 heavy (non-hydrogen) atoms. The van der Waals surface area contributed by atoms with Crippen LogP contribution in [0.4, 0.5) is 0 Å². The average molecular weight is 1170 g/mol. The minimum atomic E-state index is 0.843. The van der Waals surface area contributed by atoms with E-state index < -0.39 is 0 Å². The molecular formula is C82H160N2. The number of allylic oxidation sites excluding steroid dienone is 4. The SMILES string of the molecule is CC(=CCN(CC=C(C)CCCC(C)CCCC(C)CCCC(C)C)CCN(CC=C(C)CCCC(C)CCCC(C)CCCC(C)C)CC=C(C)CCCC(C)CCCC(C)CCCC(C)C)CCCC(C)CCCC(C)CCCC(C)C. The summed E-state index contributed by atoms with van der Waals surface area (Å²) in [5, 5.41) is 0. The first-order chi connectivity index (χ1) is 39.9. The predicted octanol–water partition coefficient (Wildman–Crippen LogP) is 27.1. The van der Waals surface area contributed by atoms with Crippen LogP contribution >= 0.6 is 0 Å². The highest BCUT2D eigenvalue weighted by molar-refractivity contribution is 5.05. The highest BCUT2D eigenvalue weighted by Gasteiger charge is 2.14. The average Bonchev–Trinajstić information content (AvgIpc) is 3.40. The normalized spacial score (nSPS) is 16.3. The maximum atomic E-state index is 2.78. The van der Waals surface area contributed by atoms with Gasteiger partial charge in [-0.25, -0.2) is 0 Å². The van der Waals surface area contributed by atoms with Crippen LogP contribution in [0.1, 0.15) is 370 Å². The van der Waals surface area contributed by atoms with Gasteiger partial charge in [-0.15, -0.1) is 0 Å². The third-order valence-electron chi connectivity index (χ3n) is 20.1. The van der Waals surface area contributed by atoms with E-state index in [1.54, 1.807) is 22.3 Å². The van der Waals surface area contributed by atoms with Gasteiger partial charge in [-0.1, -0.05) is 337 Å². The fourth-order valence-corrected chi connectivity index (χ4v) is 13.2. The van der Waals surface area contributed by atoms with Crippen molar-refractivity contribution in [2.75, 3.05) is 39.3 Å². The van der Waals surface area contributed by atoms with Gasteiger partial charge in [0, 0.05) is 39.3 Å². The zero-order valence-corrected chi connectivity index (χ0v) is 61.8. The van der Waals surface area contributed by atoms with Crippen LogP contribution in [0, 0.1) is 71.0 Å². The van der Waals surface area contributed by atoms with E-state index in [0.29, 0.717) is 0 Å². The Morgan fingerprint density at radius 2 is 0.357 bits per heavy atom. The molecule has 0 bridgehead atoms. The summed E-state index contributed by atoms with van der Waals surface area (Å²) < 4.78 is 0. The predicted molar refractivity (Wildman–Crippen MR) is 387 cm³/mol. The Hall–Kier alpha value is -1.12. The Kier molecular flexibility index (Phi) is 54.1. The van der Waals surface area contributed by atoms with Crippen LogP contribution in [-0.2, 0) is 0 Å². The van der Waals surface area contributed by atoms with Gasteiger partial charge in [0.25, 0.3) is 0 Å². The molecule has 0 saturated carbocycles. The van der Waals surface area contributed by atoms with Crippen molar-refractivity contribution in [1.29, 1.82) is 0 Å². The van der Waals surface area contributed by atoms with Crippen molar-refractivity contribution >= 4 is 0 Å². The van der Waals surface area contributed by atoms with E-state index in [9.17, 15) is 0 Å². The van der Waals surface area contributed by atoms with Crippen molar-refractivity contribution in [2.45, 2.75) is 370 Å². The molecular weight excluding hydrogens is 1010 g/mol. The highest BCUT2D eigenvalue weighted by atomic mass is 15.2. The largest absolute Gasteiger partial charge is 0.295 e. The van der Waals surface area contributed by atoms with Gasteiger partial charge in [0.2, 0.25) is 0 Å². The molecule has 0 aromatic carbocycles. The molecule has 0 aliphatic rings. The number of rotatable bonds is 59. The molecule has 0 rings (SSSR count). The first kappa shape index (κ1) is 82.9. The summed E-state index contributed by atoms with van der Waals surface area (Å²) in [4.78, 5) is 5.56. The van der Waals surface area contributed by atoms with E-state index in [2.05, 4.69) is 173 Å². The van der Waals surface area contributed by atoms with Crippen LogP contribution in [0.2, 0.25) is 0 Å². The van der Waals surface area contributed by atoms with Gasteiger partial charge in [0.05, 0.1) is 0 Å². The zero-order valence-electron chi connectivity index (χ0n) is 61.8. The molecule has 8 atom stereocenters. The van der Waals surface area contributed by atoms with Crippen LogP contribution in [0.5, 0.6) is 0 Å². The first-order valence-electron chi connectivity index (χ1n) is 38.0. The molecule has 0 heterocycles. The van der Waals surface area contributed by atoms with Crippen LogP contribution in [0.3, 0.4) is 0 Å². The van der Waals surface area contributed by atoms with E-state index in [0.717, 1.165) is 110 Å². The zero-order chi connectivity index (χ0) is 62.9. The fourth-order valence-electron chi connectivity index (χ4n) is 13.2. The van der Waals surface area contributed by atoms with Gasteiger partial charge in [0.1, 0.15) is 0 Å². The Bertz CT molecular complexity index is 1340. The van der Waals surface area contributed by atoms with Gasteiger partial charge >= 0.3 is 0 Å². The van der Waals surface area contributed by atoms with Gasteiger partial charge in [0.15, 0.2) is 0 Å². The fraction of sp³-hybridized carbons (Fsp3) is 0.902. The van der Waals surface area contributed by atoms with Crippen LogP contribution in [0.25, 0.3) is 0 Å². The van der Waals surface area contributed by atoms with Crippen molar-refractivity contribution < 1.29 is 0 Å². The van der Waals surface area contributed by atoms with Crippen LogP contribution in [0.15, 0.2) is 46.6 Å². The molecule has 0 saturated heterocycles. The van der Waals surface area contributed by atoms with Crippen LogP contribution in [-0.4, -0.2) is 49.1 Å². The summed E-state index contributed by atoms with van der Waals surface area (Å²) in [7, 11) is 0. The quantitative estimate of drug-likeness (QED) is 0.0560. The Morgan fingerprint density at radius 1 is 0.214 bits per heavy atom. The number of hydrogen-bond acceptors (Lipinski definition) is 2. The van der Waals surface area contributed by atoms with Gasteiger partial charge < -0.3 is 0 Å². The van der Waals surface area contributed by atoms with Gasteiger partial charge in [-0.05, 0) is 150 Å². The summed E-state index contributed by atoms with van der Waals surface area (Å²) in [5.41, 5.74) is 6.39. The van der Waals surface area contributed by atoms with Crippen molar-refractivity contribution in [2.24, 2.45) is 71.0 Å².